The average Bonchev–Trinajstić information content (AvgIpc) is 2.99. The van der Waals surface area contributed by atoms with Crippen LogP contribution < -0.4 is 5.56 Å². The molecule has 0 unspecified atom stereocenters. The van der Waals surface area contributed by atoms with E-state index in [1.807, 2.05) is 19.2 Å². The molecule has 0 aliphatic rings. The van der Waals surface area contributed by atoms with Crippen LogP contribution in [0.5, 0.6) is 0 Å². The first-order valence-corrected chi connectivity index (χ1v) is 8.14. The fraction of sp³-hybridized carbons (Fsp3) is 0.133. The van der Waals surface area contributed by atoms with Gasteiger partial charge in [0.2, 0.25) is 5.16 Å². The predicted molar refractivity (Wildman–Crippen MR) is 88.2 cm³/mol. The lowest BCUT2D eigenvalue weighted by Crippen LogP contribution is -2.20. The molecule has 0 aliphatic carbocycles. The minimum Gasteiger partial charge on any atom is -0.283 e. The predicted octanol–water partition coefficient (Wildman–Crippen LogP) is 1.85. The molecule has 4 aromatic heterocycles. The SMILES string of the molecule is CSc1nc2nc(C)c3c(=O)n(-c4ccncc4)ccc3n2n1. The van der Waals surface area contributed by atoms with Crippen molar-refractivity contribution in [2.75, 3.05) is 6.26 Å². The van der Waals surface area contributed by atoms with Crippen molar-refractivity contribution in [1.29, 1.82) is 0 Å². The second-order valence-corrected chi connectivity index (χ2v) is 5.74. The van der Waals surface area contributed by atoms with Gasteiger partial charge in [-0.15, -0.1) is 5.10 Å². The summed E-state index contributed by atoms with van der Waals surface area (Å²) in [5.74, 6) is 0.500. The number of fused-ring (bicyclic) bond motifs is 3. The molecule has 0 fully saturated rings. The molecule has 4 heterocycles. The Labute approximate surface area is 135 Å². The Morgan fingerprint density at radius 2 is 1.91 bits per heavy atom. The van der Waals surface area contributed by atoms with Crippen LogP contribution in [0.25, 0.3) is 22.4 Å². The van der Waals surface area contributed by atoms with E-state index >= 15 is 0 Å². The van der Waals surface area contributed by atoms with Gasteiger partial charge < -0.3 is 0 Å². The molecule has 0 amide bonds. The zero-order chi connectivity index (χ0) is 16.0. The van der Waals surface area contributed by atoms with Gasteiger partial charge in [0.15, 0.2) is 0 Å². The standard InChI is InChI=1S/C15H12N6OS/c1-9-12-11(21-14(17-9)18-15(19-21)23-2)5-8-20(13(12)22)10-3-6-16-7-4-10/h3-8H,1-2H3. The zero-order valence-corrected chi connectivity index (χ0v) is 13.3. The van der Waals surface area contributed by atoms with Gasteiger partial charge >= 0.3 is 0 Å². The maximum absolute atomic E-state index is 12.9. The highest BCUT2D eigenvalue weighted by Crippen LogP contribution is 2.18. The monoisotopic (exact) mass is 324 g/mol. The summed E-state index contributed by atoms with van der Waals surface area (Å²) >= 11 is 1.44. The smallest absolute Gasteiger partial charge is 0.266 e. The van der Waals surface area contributed by atoms with E-state index in [2.05, 4.69) is 20.1 Å². The number of aryl methyl sites for hydroxylation is 1. The molecule has 4 aromatic rings. The van der Waals surface area contributed by atoms with Crippen molar-refractivity contribution in [1.82, 2.24) is 29.1 Å². The lowest BCUT2D eigenvalue weighted by molar-refractivity contribution is 0.901. The number of aromatic nitrogens is 6. The number of pyridine rings is 2. The average molecular weight is 324 g/mol. The van der Waals surface area contributed by atoms with E-state index in [0.717, 1.165) is 5.69 Å². The Morgan fingerprint density at radius 3 is 2.65 bits per heavy atom. The van der Waals surface area contributed by atoms with E-state index in [0.29, 0.717) is 27.5 Å². The van der Waals surface area contributed by atoms with Crippen LogP contribution in [-0.2, 0) is 0 Å². The van der Waals surface area contributed by atoms with Gasteiger partial charge in [-0.25, -0.2) is 4.98 Å². The molecule has 0 saturated carbocycles. The lowest BCUT2D eigenvalue weighted by Gasteiger charge is -2.08. The molecule has 7 nitrogen and oxygen atoms in total. The molecule has 0 atom stereocenters. The fourth-order valence-electron chi connectivity index (χ4n) is 2.56. The lowest BCUT2D eigenvalue weighted by atomic mass is 10.2. The summed E-state index contributed by atoms with van der Waals surface area (Å²) in [5, 5.41) is 5.56. The van der Waals surface area contributed by atoms with Crippen molar-refractivity contribution in [2.45, 2.75) is 12.1 Å². The number of nitrogens with zero attached hydrogens (tertiary/aromatic N) is 6. The Balaban J connectivity index is 2.10. The quantitative estimate of drug-likeness (QED) is 0.524. The van der Waals surface area contributed by atoms with Crippen LogP contribution >= 0.6 is 11.8 Å². The zero-order valence-electron chi connectivity index (χ0n) is 12.5. The van der Waals surface area contributed by atoms with Crippen molar-refractivity contribution in [3.8, 4) is 5.69 Å². The summed E-state index contributed by atoms with van der Waals surface area (Å²) in [6.45, 7) is 1.81. The third kappa shape index (κ3) is 2.10. The number of thioether (sulfide) groups is 1. The van der Waals surface area contributed by atoms with Crippen molar-refractivity contribution in [3.63, 3.8) is 0 Å². The van der Waals surface area contributed by atoms with Gasteiger partial charge in [0.25, 0.3) is 11.3 Å². The summed E-state index contributed by atoms with van der Waals surface area (Å²) in [6, 6.07) is 5.43. The molecular formula is C15H12N6OS. The highest BCUT2D eigenvalue weighted by molar-refractivity contribution is 7.98. The first-order chi connectivity index (χ1) is 11.2. The van der Waals surface area contributed by atoms with Crippen molar-refractivity contribution in [3.05, 3.63) is 52.8 Å². The molecular weight excluding hydrogens is 312 g/mol. The molecule has 114 valence electrons. The highest BCUT2D eigenvalue weighted by Gasteiger charge is 2.14. The maximum Gasteiger partial charge on any atom is 0.266 e. The highest BCUT2D eigenvalue weighted by atomic mass is 32.2. The summed E-state index contributed by atoms with van der Waals surface area (Å²) in [6.07, 6.45) is 6.95. The van der Waals surface area contributed by atoms with E-state index in [9.17, 15) is 4.79 Å². The van der Waals surface area contributed by atoms with Crippen LogP contribution in [0.3, 0.4) is 0 Å². The summed E-state index contributed by atoms with van der Waals surface area (Å²) < 4.78 is 3.20. The van der Waals surface area contributed by atoms with Gasteiger partial charge in [0.05, 0.1) is 22.3 Å². The topological polar surface area (TPSA) is 78.0 Å². The minimum absolute atomic E-state index is 0.137. The van der Waals surface area contributed by atoms with E-state index in [1.54, 1.807) is 39.8 Å². The maximum atomic E-state index is 12.9. The van der Waals surface area contributed by atoms with Gasteiger partial charge in [0, 0.05) is 18.6 Å². The van der Waals surface area contributed by atoms with E-state index in [1.165, 1.54) is 11.8 Å². The van der Waals surface area contributed by atoms with Gasteiger partial charge in [-0.1, -0.05) is 11.8 Å². The van der Waals surface area contributed by atoms with E-state index in [-0.39, 0.29) is 5.56 Å². The summed E-state index contributed by atoms with van der Waals surface area (Å²) in [4.78, 5) is 25.6. The van der Waals surface area contributed by atoms with Crippen LogP contribution in [0.1, 0.15) is 5.69 Å². The third-order valence-electron chi connectivity index (χ3n) is 3.62. The molecule has 0 aromatic carbocycles. The molecule has 0 aliphatic heterocycles. The van der Waals surface area contributed by atoms with E-state index < -0.39 is 0 Å². The fourth-order valence-corrected chi connectivity index (χ4v) is 2.90. The Hall–Kier alpha value is -2.74. The largest absolute Gasteiger partial charge is 0.283 e. The Kier molecular flexibility index (Phi) is 3.12. The first kappa shape index (κ1) is 13.9. The van der Waals surface area contributed by atoms with Gasteiger partial charge in [-0.05, 0) is 31.4 Å². The molecule has 0 spiro atoms. The molecule has 8 heteroatoms. The summed E-state index contributed by atoms with van der Waals surface area (Å²) in [7, 11) is 0. The Bertz CT molecular complexity index is 1090. The molecule has 0 radical (unpaired) electrons. The van der Waals surface area contributed by atoms with Crippen LogP contribution in [-0.4, -0.2) is 35.4 Å². The molecule has 0 saturated heterocycles. The second-order valence-electron chi connectivity index (χ2n) is 4.96. The van der Waals surface area contributed by atoms with Crippen LogP contribution in [0, 0.1) is 6.92 Å². The third-order valence-corrected chi connectivity index (χ3v) is 4.16. The van der Waals surface area contributed by atoms with Crippen molar-refractivity contribution < 1.29 is 0 Å². The first-order valence-electron chi connectivity index (χ1n) is 6.92. The second kappa shape index (κ2) is 5.17. The van der Waals surface area contributed by atoms with Crippen LogP contribution in [0.15, 0.2) is 46.7 Å². The summed E-state index contributed by atoms with van der Waals surface area (Å²) in [5.41, 5.74) is 1.97. The molecule has 0 N–H and O–H groups in total. The van der Waals surface area contributed by atoms with Crippen LogP contribution in [0.2, 0.25) is 0 Å². The van der Waals surface area contributed by atoms with Crippen LogP contribution in [0.4, 0.5) is 0 Å². The van der Waals surface area contributed by atoms with E-state index in [4.69, 9.17) is 0 Å². The minimum atomic E-state index is -0.137. The molecule has 0 bridgehead atoms. The molecule has 23 heavy (non-hydrogen) atoms. The normalized spacial score (nSPS) is 11.4. The van der Waals surface area contributed by atoms with Gasteiger partial charge in [0.1, 0.15) is 0 Å². The van der Waals surface area contributed by atoms with Crippen molar-refractivity contribution >= 4 is 28.4 Å². The van der Waals surface area contributed by atoms with Crippen molar-refractivity contribution in [2.24, 2.45) is 0 Å². The van der Waals surface area contributed by atoms with Gasteiger partial charge in [-0.3, -0.25) is 14.3 Å². The van der Waals surface area contributed by atoms with Gasteiger partial charge in [-0.2, -0.15) is 9.50 Å². The number of hydrogen-bond donors (Lipinski definition) is 0. The number of rotatable bonds is 2. The number of hydrogen-bond acceptors (Lipinski definition) is 6. The molecule has 4 rings (SSSR count). The Morgan fingerprint density at radius 1 is 1.13 bits per heavy atom.